The summed E-state index contributed by atoms with van der Waals surface area (Å²) in [5.41, 5.74) is 4.26. The smallest absolute Gasteiger partial charge is 0.300 e. The molecule has 2 saturated carbocycles. The van der Waals surface area contributed by atoms with Crippen molar-refractivity contribution < 1.29 is 27.6 Å². The van der Waals surface area contributed by atoms with Crippen LogP contribution in [-0.2, 0) is 10.0 Å². The molecule has 3 aliphatic heterocycles. The van der Waals surface area contributed by atoms with Gasteiger partial charge in [-0.3, -0.25) is 19.8 Å². The molecule has 10 rings (SSSR count). The van der Waals surface area contributed by atoms with Crippen molar-refractivity contribution in [3.05, 3.63) is 99.9 Å². The second-order valence-corrected chi connectivity index (χ2v) is 19.5. The van der Waals surface area contributed by atoms with Crippen molar-refractivity contribution in [2.75, 3.05) is 36.5 Å². The number of piperidine rings is 1. The summed E-state index contributed by atoms with van der Waals surface area (Å²) in [5, 5.41) is 15.3. The van der Waals surface area contributed by atoms with E-state index in [0.29, 0.717) is 40.7 Å². The van der Waals surface area contributed by atoms with Gasteiger partial charge < -0.3 is 24.7 Å². The number of carbonyl (C=O) groups excluding carboxylic acids is 1. The third kappa shape index (κ3) is 7.53. The quantitative estimate of drug-likeness (QED) is 0.0859. The molecule has 5 aliphatic rings. The van der Waals surface area contributed by atoms with Gasteiger partial charge in [0.15, 0.2) is 10.7 Å². The van der Waals surface area contributed by atoms with Gasteiger partial charge in [-0.1, -0.05) is 38.1 Å². The lowest BCUT2D eigenvalue weighted by Gasteiger charge is -2.56. The number of aromatic amines is 1. The molecule has 2 saturated heterocycles. The van der Waals surface area contributed by atoms with E-state index >= 15 is 0 Å². The molecule has 0 unspecified atom stereocenters. The van der Waals surface area contributed by atoms with Crippen LogP contribution in [0.15, 0.2) is 78.1 Å². The summed E-state index contributed by atoms with van der Waals surface area (Å²) in [4.78, 5) is 42.1. The van der Waals surface area contributed by atoms with Gasteiger partial charge in [-0.25, -0.2) is 9.71 Å². The normalized spacial score (nSPS) is 21.5. The van der Waals surface area contributed by atoms with Crippen LogP contribution in [0.25, 0.3) is 11.0 Å². The van der Waals surface area contributed by atoms with E-state index in [1.165, 1.54) is 43.0 Å². The highest BCUT2D eigenvalue weighted by molar-refractivity contribution is 7.90. The Bertz CT molecular complexity index is 2630. The number of H-pyrrole nitrogens is 1. The van der Waals surface area contributed by atoms with E-state index in [2.05, 4.69) is 72.9 Å². The first-order valence-corrected chi connectivity index (χ1v) is 22.9. The van der Waals surface area contributed by atoms with Gasteiger partial charge in [-0.2, -0.15) is 13.4 Å². The minimum absolute atomic E-state index is 0.0296. The van der Waals surface area contributed by atoms with Gasteiger partial charge in [0.05, 0.1) is 28.8 Å². The minimum atomic E-state index is -4.71. The first kappa shape index (κ1) is 39.4. The highest BCUT2D eigenvalue weighted by atomic mass is 32.2. The number of hydrogen-bond acceptors (Lipinski definition) is 12. The molecule has 3 N–H and O–H groups in total. The highest BCUT2D eigenvalue weighted by Crippen LogP contribution is 2.54. The van der Waals surface area contributed by atoms with Gasteiger partial charge in [-0.15, -0.1) is 0 Å². The first-order valence-electron chi connectivity index (χ1n) is 21.4. The number of nitrogens with zero attached hydrogens (tertiary/aromatic N) is 5. The molecule has 61 heavy (non-hydrogen) atoms. The topological polar surface area (TPSA) is 185 Å². The highest BCUT2D eigenvalue weighted by Gasteiger charge is 2.50. The Hall–Kier alpha value is -5.74. The second kappa shape index (κ2) is 15.3. The zero-order valence-electron chi connectivity index (χ0n) is 34.3. The van der Waals surface area contributed by atoms with Gasteiger partial charge in [0.1, 0.15) is 23.8 Å². The molecular weight excluding hydrogens is 797 g/mol. The largest absolute Gasteiger partial charge is 0.474 e. The number of benzene rings is 2. The van der Waals surface area contributed by atoms with E-state index in [-0.39, 0.29) is 35.5 Å². The summed E-state index contributed by atoms with van der Waals surface area (Å²) in [6, 6.07) is 19.5. The maximum Gasteiger partial charge on any atom is 0.300 e. The summed E-state index contributed by atoms with van der Waals surface area (Å²) in [7, 11) is -4.71. The van der Waals surface area contributed by atoms with Crippen molar-refractivity contribution in [3.8, 4) is 17.4 Å². The molecule has 2 aromatic carbocycles. The number of sulfonamides is 1. The van der Waals surface area contributed by atoms with Crippen molar-refractivity contribution >= 4 is 44.0 Å². The zero-order valence-corrected chi connectivity index (χ0v) is 35.1. The Morgan fingerprint density at radius 2 is 1.85 bits per heavy atom. The third-order valence-electron chi connectivity index (χ3n) is 13.6. The van der Waals surface area contributed by atoms with Gasteiger partial charge in [0.25, 0.3) is 15.9 Å². The molecule has 5 aromatic rings. The average molecular weight is 847 g/mol. The Balaban J connectivity index is 0.866. The predicted molar refractivity (Wildman–Crippen MR) is 230 cm³/mol. The lowest BCUT2D eigenvalue weighted by Crippen LogP contribution is -2.54. The summed E-state index contributed by atoms with van der Waals surface area (Å²) in [6.07, 6.45) is 12.2. The molecule has 2 atom stereocenters. The minimum Gasteiger partial charge on any atom is -0.474 e. The Labute approximate surface area is 354 Å². The number of nitrogens with one attached hydrogen (secondary N) is 3. The molecule has 1 amide bonds. The van der Waals surface area contributed by atoms with E-state index < -0.39 is 31.6 Å². The van der Waals surface area contributed by atoms with E-state index in [1.807, 2.05) is 12.1 Å². The average Bonchev–Trinajstić information content (AvgIpc) is 3.79. The molecular formula is C45H50N8O7S. The van der Waals surface area contributed by atoms with Crippen LogP contribution in [0.4, 0.5) is 17.1 Å². The number of rotatable bonds is 11. The van der Waals surface area contributed by atoms with E-state index in [9.17, 15) is 23.3 Å². The molecule has 4 fully saturated rings. The predicted octanol–water partition coefficient (Wildman–Crippen LogP) is 8.07. The van der Waals surface area contributed by atoms with Crippen molar-refractivity contribution in [3.63, 3.8) is 0 Å². The van der Waals surface area contributed by atoms with Crippen molar-refractivity contribution in [2.24, 2.45) is 11.3 Å². The van der Waals surface area contributed by atoms with Crippen LogP contribution < -0.4 is 24.4 Å². The van der Waals surface area contributed by atoms with Gasteiger partial charge in [0.2, 0.25) is 5.88 Å². The molecule has 0 bridgehead atoms. The van der Waals surface area contributed by atoms with Crippen LogP contribution in [0.3, 0.4) is 0 Å². The standard InChI is InChI=1S/C45H50N8O7S/c1-27(2)33-6-3-4-7-34(33)37-8-5-17-52(37)31-23-45(24-31)14-18-51(19-15-45)30-11-12-35(39(21-30)60-32-20-29-13-16-46-42(29)47-25-32)43(54)50-61(57,58)40-22-38(53(55)56)41-44(49-40)59-26-36(48-41)28-9-10-28/h3-4,6-7,11-13,16,20-22,25,27-28,31,36-37,48H,5,8-10,14-15,17-19,23-24,26H2,1-2H3,(H,46,47)(H,50,54)/t36-,37+/m1/s1. The monoisotopic (exact) mass is 846 g/mol. The number of likely N-dealkylation sites (tertiary alicyclic amines) is 1. The fraction of sp³-hybridized carbons (Fsp3) is 0.444. The van der Waals surface area contributed by atoms with Crippen LogP contribution in [0.5, 0.6) is 17.4 Å². The molecule has 3 aromatic heterocycles. The van der Waals surface area contributed by atoms with E-state index in [4.69, 9.17) is 9.47 Å². The second-order valence-electron chi connectivity index (χ2n) is 17.8. The molecule has 2 aliphatic carbocycles. The SMILES string of the molecule is CC(C)c1ccccc1[C@@H]1CCCN1C1CC2(CCN(c3ccc(C(=O)NS(=O)(=O)c4cc([N+](=O)[O-])c5c(n4)OC[C@H](C4CC4)N5)c(Oc4cnc5[nH]ccc5c4)c3)CC2)C1. The number of nitro groups is 1. The molecule has 318 valence electrons. The summed E-state index contributed by atoms with van der Waals surface area (Å²) < 4.78 is 41.6. The Kier molecular flexibility index (Phi) is 9.89. The molecule has 6 heterocycles. The fourth-order valence-electron chi connectivity index (χ4n) is 10.2. The zero-order chi connectivity index (χ0) is 42.0. The lowest BCUT2D eigenvalue weighted by atomic mass is 9.59. The van der Waals surface area contributed by atoms with Crippen LogP contribution >= 0.6 is 0 Å². The molecule has 15 nitrogen and oxygen atoms in total. The lowest BCUT2D eigenvalue weighted by molar-refractivity contribution is -0.384. The summed E-state index contributed by atoms with van der Waals surface area (Å²) >= 11 is 0. The van der Waals surface area contributed by atoms with Gasteiger partial charge >= 0.3 is 5.69 Å². The summed E-state index contributed by atoms with van der Waals surface area (Å²) in [6.45, 7) is 7.59. The number of carbonyl (C=O) groups is 1. The number of fused-ring (bicyclic) bond motifs is 2. The summed E-state index contributed by atoms with van der Waals surface area (Å²) in [5.74, 6) is 0.129. The number of pyridine rings is 2. The van der Waals surface area contributed by atoms with Gasteiger partial charge in [-0.05, 0) is 111 Å². The van der Waals surface area contributed by atoms with Crippen LogP contribution in [0.2, 0.25) is 0 Å². The van der Waals surface area contributed by atoms with Crippen molar-refractivity contribution in [1.29, 1.82) is 0 Å². The fourth-order valence-corrected chi connectivity index (χ4v) is 11.1. The van der Waals surface area contributed by atoms with Crippen LogP contribution in [0.1, 0.15) is 98.7 Å². The maximum atomic E-state index is 14.0. The Morgan fingerprint density at radius 3 is 2.62 bits per heavy atom. The van der Waals surface area contributed by atoms with Crippen LogP contribution in [0, 0.1) is 21.4 Å². The Morgan fingerprint density at radius 1 is 1.05 bits per heavy atom. The third-order valence-corrected chi connectivity index (χ3v) is 14.9. The van der Waals surface area contributed by atoms with Crippen molar-refractivity contribution in [2.45, 2.75) is 94.3 Å². The number of aromatic nitrogens is 3. The molecule has 0 radical (unpaired) electrons. The maximum absolute atomic E-state index is 14.0. The van der Waals surface area contributed by atoms with Crippen LogP contribution in [-0.4, -0.2) is 77.4 Å². The number of anilines is 2. The molecule has 1 spiro atoms. The molecule has 16 heteroatoms. The van der Waals surface area contributed by atoms with Gasteiger partial charge in [0, 0.05) is 48.5 Å². The number of amides is 1. The van der Waals surface area contributed by atoms with E-state index in [1.54, 1.807) is 24.4 Å². The number of ether oxygens (including phenoxy) is 2. The first-order chi connectivity index (χ1) is 29.4. The van der Waals surface area contributed by atoms with E-state index in [0.717, 1.165) is 62.5 Å². The number of hydrogen-bond donors (Lipinski definition) is 3. The van der Waals surface area contributed by atoms with Crippen molar-refractivity contribution in [1.82, 2.24) is 24.6 Å².